The average molecular weight is 381 g/mol. The van der Waals surface area contributed by atoms with Gasteiger partial charge in [-0.15, -0.1) is 0 Å². The molecule has 0 bridgehead atoms. The van der Waals surface area contributed by atoms with Crippen LogP contribution in [0.25, 0.3) is 0 Å². The molecule has 27 heavy (non-hydrogen) atoms. The maximum Gasteiger partial charge on any atom is 0.218 e. The van der Waals surface area contributed by atoms with Crippen molar-refractivity contribution < 1.29 is 14.2 Å². The zero-order valence-electron chi connectivity index (χ0n) is 17.1. The summed E-state index contributed by atoms with van der Waals surface area (Å²) in [6, 6.07) is 3.90. The predicted molar refractivity (Wildman–Crippen MR) is 109 cm³/mol. The Balaban J connectivity index is 2.34. The molecule has 1 rings (SSSR count). The van der Waals surface area contributed by atoms with E-state index in [-0.39, 0.29) is 0 Å². The van der Waals surface area contributed by atoms with E-state index in [0.717, 1.165) is 43.9 Å². The van der Waals surface area contributed by atoms with Crippen molar-refractivity contribution in [2.24, 2.45) is 4.99 Å². The van der Waals surface area contributed by atoms with Crippen molar-refractivity contribution in [1.29, 1.82) is 0 Å². The van der Waals surface area contributed by atoms with Gasteiger partial charge < -0.3 is 24.8 Å². The van der Waals surface area contributed by atoms with Crippen LogP contribution in [-0.2, 0) is 16.0 Å². The van der Waals surface area contributed by atoms with Gasteiger partial charge in [0.1, 0.15) is 0 Å². The summed E-state index contributed by atoms with van der Waals surface area (Å²) >= 11 is 0. The Morgan fingerprint density at radius 2 is 1.81 bits per heavy atom. The van der Waals surface area contributed by atoms with Gasteiger partial charge in [-0.05, 0) is 25.8 Å². The van der Waals surface area contributed by atoms with Crippen LogP contribution in [0, 0.1) is 0 Å². The SMILES string of the molecule is CCCCOCCOCCNC(=NCc1cccnc1OCCC)NCC. The summed E-state index contributed by atoms with van der Waals surface area (Å²) in [5.41, 5.74) is 0.976. The monoisotopic (exact) mass is 380 g/mol. The second-order valence-corrected chi connectivity index (χ2v) is 6.02. The van der Waals surface area contributed by atoms with E-state index in [1.807, 2.05) is 19.1 Å². The second kappa shape index (κ2) is 16.3. The molecule has 0 amide bonds. The summed E-state index contributed by atoms with van der Waals surface area (Å²) in [5.74, 6) is 1.41. The van der Waals surface area contributed by atoms with Gasteiger partial charge in [0.25, 0.3) is 0 Å². The van der Waals surface area contributed by atoms with E-state index in [2.05, 4.69) is 34.5 Å². The molecule has 7 heteroatoms. The third-order valence-corrected chi connectivity index (χ3v) is 3.60. The van der Waals surface area contributed by atoms with E-state index in [4.69, 9.17) is 14.2 Å². The van der Waals surface area contributed by atoms with Crippen molar-refractivity contribution in [2.45, 2.75) is 46.6 Å². The predicted octanol–water partition coefficient (Wildman–Crippen LogP) is 2.76. The Bertz CT molecular complexity index is 512. The number of guanidine groups is 1. The molecular weight excluding hydrogens is 344 g/mol. The van der Waals surface area contributed by atoms with E-state index < -0.39 is 0 Å². The number of ether oxygens (including phenoxy) is 3. The fraction of sp³-hybridized carbons (Fsp3) is 0.700. The molecule has 0 unspecified atom stereocenters. The fourth-order valence-electron chi connectivity index (χ4n) is 2.19. The standard InChI is InChI=1S/C20H36N4O3/c1-4-7-13-25-15-16-26-14-11-23-20(21-6-3)24-17-18-9-8-10-22-19(18)27-12-5-2/h8-10H,4-7,11-17H2,1-3H3,(H2,21,23,24). The van der Waals surface area contributed by atoms with Gasteiger partial charge in [0.15, 0.2) is 5.96 Å². The Hall–Kier alpha value is -1.86. The van der Waals surface area contributed by atoms with E-state index in [1.54, 1.807) is 6.20 Å². The summed E-state index contributed by atoms with van der Waals surface area (Å²) < 4.78 is 16.7. The lowest BCUT2D eigenvalue weighted by Gasteiger charge is -2.12. The molecule has 0 aliphatic heterocycles. The van der Waals surface area contributed by atoms with Crippen molar-refractivity contribution in [3.63, 3.8) is 0 Å². The highest BCUT2D eigenvalue weighted by molar-refractivity contribution is 5.79. The minimum absolute atomic E-state index is 0.508. The van der Waals surface area contributed by atoms with Gasteiger partial charge in [0, 0.05) is 31.5 Å². The van der Waals surface area contributed by atoms with E-state index in [1.165, 1.54) is 0 Å². The number of nitrogens with one attached hydrogen (secondary N) is 2. The van der Waals surface area contributed by atoms with Crippen molar-refractivity contribution in [3.8, 4) is 5.88 Å². The molecule has 7 nitrogen and oxygen atoms in total. The maximum atomic E-state index is 5.69. The van der Waals surface area contributed by atoms with Crippen LogP contribution in [0.2, 0.25) is 0 Å². The lowest BCUT2D eigenvalue weighted by Crippen LogP contribution is -2.39. The molecule has 0 spiro atoms. The van der Waals surface area contributed by atoms with Crippen LogP contribution in [0.15, 0.2) is 23.3 Å². The highest BCUT2D eigenvalue weighted by Crippen LogP contribution is 2.15. The highest BCUT2D eigenvalue weighted by atomic mass is 16.5. The third kappa shape index (κ3) is 11.5. The number of pyridine rings is 1. The summed E-state index contributed by atoms with van der Waals surface area (Å²) in [6.45, 7) is 11.6. The zero-order valence-corrected chi connectivity index (χ0v) is 17.1. The quantitative estimate of drug-likeness (QED) is 0.277. The smallest absolute Gasteiger partial charge is 0.218 e. The number of hydrogen-bond acceptors (Lipinski definition) is 5. The molecule has 1 aromatic heterocycles. The molecule has 0 fully saturated rings. The van der Waals surface area contributed by atoms with Crippen molar-refractivity contribution >= 4 is 5.96 Å². The van der Waals surface area contributed by atoms with Crippen LogP contribution in [0.1, 0.15) is 45.6 Å². The number of nitrogens with zero attached hydrogens (tertiary/aromatic N) is 2. The molecule has 0 aromatic carbocycles. The summed E-state index contributed by atoms with van der Waals surface area (Å²) in [5, 5.41) is 6.51. The molecule has 0 aliphatic rings. The molecular formula is C20H36N4O3. The lowest BCUT2D eigenvalue weighted by molar-refractivity contribution is 0.0487. The van der Waals surface area contributed by atoms with Gasteiger partial charge >= 0.3 is 0 Å². The third-order valence-electron chi connectivity index (χ3n) is 3.60. The normalized spacial score (nSPS) is 11.4. The lowest BCUT2D eigenvalue weighted by atomic mass is 10.3. The molecule has 2 N–H and O–H groups in total. The summed E-state index contributed by atoms with van der Waals surface area (Å²) in [4.78, 5) is 8.91. The molecule has 154 valence electrons. The Morgan fingerprint density at radius 1 is 1.00 bits per heavy atom. The number of unbranched alkanes of at least 4 members (excludes halogenated alkanes) is 1. The molecule has 0 atom stereocenters. The topological polar surface area (TPSA) is 77.0 Å². The average Bonchev–Trinajstić information content (AvgIpc) is 2.69. The summed E-state index contributed by atoms with van der Waals surface area (Å²) in [6.07, 6.45) is 4.95. The Labute approximate surface area is 163 Å². The molecule has 0 saturated carbocycles. The Morgan fingerprint density at radius 3 is 2.56 bits per heavy atom. The van der Waals surface area contributed by atoms with Gasteiger partial charge in [-0.25, -0.2) is 9.98 Å². The van der Waals surface area contributed by atoms with Crippen LogP contribution in [0.5, 0.6) is 5.88 Å². The van der Waals surface area contributed by atoms with Crippen LogP contribution < -0.4 is 15.4 Å². The first-order valence-electron chi connectivity index (χ1n) is 10.1. The first-order chi connectivity index (χ1) is 13.3. The Kier molecular flexibility index (Phi) is 14.0. The molecule has 1 heterocycles. The van der Waals surface area contributed by atoms with Gasteiger partial charge in [0.05, 0.1) is 33.0 Å². The zero-order chi connectivity index (χ0) is 19.6. The van der Waals surface area contributed by atoms with E-state index >= 15 is 0 Å². The van der Waals surface area contributed by atoms with Crippen LogP contribution in [0.4, 0.5) is 0 Å². The number of rotatable bonds is 15. The minimum atomic E-state index is 0.508. The second-order valence-electron chi connectivity index (χ2n) is 6.02. The van der Waals surface area contributed by atoms with Crippen molar-refractivity contribution in [1.82, 2.24) is 15.6 Å². The molecule has 1 aromatic rings. The van der Waals surface area contributed by atoms with Crippen LogP contribution >= 0.6 is 0 Å². The largest absolute Gasteiger partial charge is 0.477 e. The molecule has 0 aliphatic carbocycles. The van der Waals surface area contributed by atoms with Gasteiger partial charge in [-0.1, -0.05) is 26.3 Å². The van der Waals surface area contributed by atoms with E-state index in [9.17, 15) is 0 Å². The van der Waals surface area contributed by atoms with E-state index in [0.29, 0.717) is 45.4 Å². The maximum absolute atomic E-state index is 5.69. The van der Waals surface area contributed by atoms with Crippen LogP contribution in [0.3, 0.4) is 0 Å². The molecule has 0 radical (unpaired) electrons. The first kappa shape index (κ1) is 23.2. The fourth-order valence-corrected chi connectivity index (χ4v) is 2.19. The molecule has 0 saturated heterocycles. The van der Waals surface area contributed by atoms with Crippen molar-refractivity contribution in [2.75, 3.05) is 46.1 Å². The number of hydrogen-bond donors (Lipinski definition) is 2. The first-order valence-corrected chi connectivity index (χ1v) is 10.1. The van der Waals surface area contributed by atoms with Gasteiger partial charge in [0.2, 0.25) is 5.88 Å². The minimum Gasteiger partial charge on any atom is -0.477 e. The van der Waals surface area contributed by atoms with Gasteiger partial charge in [-0.3, -0.25) is 0 Å². The van der Waals surface area contributed by atoms with Crippen LogP contribution in [-0.4, -0.2) is 57.1 Å². The van der Waals surface area contributed by atoms with Gasteiger partial charge in [-0.2, -0.15) is 0 Å². The van der Waals surface area contributed by atoms with Crippen molar-refractivity contribution in [3.05, 3.63) is 23.9 Å². The highest BCUT2D eigenvalue weighted by Gasteiger charge is 2.04. The summed E-state index contributed by atoms with van der Waals surface area (Å²) in [7, 11) is 0. The number of aromatic nitrogens is 1. The number of aliphatic imine (C=N–C) groups is 1.